The second-order valence-corrected chi connectivity index (χ2v) is 3.93. The van der Waals surface area contributed by atoms with E-state index < -0.39 is 0 Å². The van der Waals surface area contributed by atoms with E-state index in [4.69, 9.17) is 10.3 Å². The number of benzene rings is 1. The van der Waals surface area contributed by atoms with E-state index >= 15 is 0 Å². The topological polar surface area (TPSA) is 64.9 Å². The van der Waals surface area contributed by atoms with Crippen molar-refractivity contribution >= 4 is 0 Å². The summed E-state index contributed by atoms with van der Waals surface area (Å²) in [5, 5.41) is 3.84. The number of rotatable bonds is 3. The van der Waals surface area contributed by atoms with Crippen molar-refractivity contribution < 1.29 is 8.91 Å². The maximum Gasteiger partial charge on any atom is 0.243 e. The van der Waals surface area contributed by atoms with Crippen LogP contribution in [0.2, 0.25) is 0 Å². The van der Waals surface area contributed by atoms with Gasteiger partial charge in [0.25, 0.3) is 0 Å². The summed E-state index contributed by atoms with van der Waals surface area (Å²) in [5.41, 5.74) is 7.06. The Morgan fingerprint density at radius 3 is 2.88 bits per heavy atom. The fraction of sp³-hybridized carbons (Fsp3) is 0.333. The van der Waals surface area contributed by atoms with Gasteiger partial charge in [-0.05, 0) is 37.1 Å². The van der Waals surface area contributed by atoms with E-state index in [2.05, 4.69) is 10.1 Å². The predicted octanol–water partition coefficient (Wildman–Crippen LogP) is 2.59. The largest absolute Gasteiger partial charge is 0.337 e. The Hall–Kier alpha value is -1.75. The van der Waals surface area contributed by atoms with Gasteiger partial charge >= 0.3 is 0 Å². The highest BCUT2D eigenvalue weighted by Gasteiger charge is 2.14. The van der Waals surface area contributed by atoms with Crippen molar-refractivity contribution in [2.45, 2.75) is 26.3 Å². The van der Waals surface area contributed by atoms with Crippen molar-refractivity contribution in [2.75, 3.05) is 0 Å². The van der Waals surface area contributed by atoms with Crippen LogP contribution < -0.4 is 5.73 Å². The first-order valence-corrected chi connectivity index (χ1v) is 5.47. The molecule has 0 aliphatic rings. The highest BCUT2D eigenvalue weighted by atomic mass is 19.1. The summed E-state index contributed by atoms with van der Waals surface area (Å²) in [7, 11) is 0. The molecule has 90 valence electrons. The van der Waals surface area contributed by atoms with Crippen molar-refractivity contribution in [1.82, 2.24) is 10.1 Å². The number of hydrogen-bond acceptors (Lipinski definition) is 4. The van der Waals surface area contributed by atoms with Crippen LogP contribution in [0.5, 0.6) is 0 Å². The monoisotopic (exact) mass is 235 g/mol. The zero-order valence-corrected chi connectivity index (χ0v) is 9.77. The van der Waals surface area contributed by atoms with E-state index in [1.165, 1.54) is 6.07 Å². The summed E-state index contributed by atoms with van der Waals surface area (Å²) < 4.78 is 18.2. The van der Waals surface area contributed by atoms with E-state index in [0.29, 0.717) is 17.3 Å². The Bertz CT molecular complexity index is 524. The second kappa shape index (κ2) is 4.63. The molecule has 1 aromatic carbocycles. The van der Waals surface area contributed by atoms with Gasteiger partial charge in [0.2, 0.25) is 11.7 Å². The number of nitrogens with zero attached hydrogens (tertiary/aromatic N) is 2. The molecule has 0 saturated heterocycles. The van der Waals surface area contributed by atoms with Crippen molar-refractivity contribution in [3.05, 3.63) is 35.5 Å². The van der Waals surface area contributed by atoms with Crippen LogP contribution in [0.15, 0.2) is 22.7 Å². The minimum atomic E-state index is -0.252. The molecule has 1 atom stereocenters. The molecule has 17 heavy (non-hydrogen) atoms. The molecule has 1 aromatic heterocycles. The molecule has 0 amide bonds. The molecule has 0 bridgehead atoms. The Balaban J connectivity index is 2.33. The molecule has 0 spiro atoms. The molecule has 0 fully saturated rings. The Morgan fingerprint density at radius 1 is 1.47 bits per heavy atom. The molecule has 0 radical (unpaired) electrons. The third-order valence-corrected chi connectivity index (χ3v) is 2.61. The Labute approximate surface area is 98.6 Å². The zero-order valence-electron chi connectivity index (χ0n) is 9.77. The van der Waals surface area contributed by atoms with Gasteiger partial charge in [0.05, 0.1) is 6.04 Å². The third-order valence-electron chi connectivity index (χ3n) is 2.61. The lowest BCUT2D eigenvalue weighted by Crippen LogP contribution is -2.08. The van der Waals surface area contributed by atoms with E-state index in [9.17, 15) is 4.39 Å². The number of aromatic nitrogens is 2. The molecule has 0 aliphatic carbocycles. The zero-order chi connectivity index (χ0) is 12.4. The smallest absolute Gasteiger partial charge is 0.243 e. The van der Waals surface area contributed by atoms with Crippen LogP contribution in [0.1, 0.15) is 30.8 Å². The highest BCUT2D eigenvalue weighted by molar-refractivity contribution is 5.55. The maximum absolute atomic E-state index is 13.1. The van der Waals surface area contributed by atoms with Crippen molar-refractivity contribution in [1.29, 1.82) is 0 Å². The van der Waals surface area contributed by atoms with Crippen LogP contribution in [-0.4, -0.2) is 10.1 Å². The summed E-state index contributed by atoms with van der Waals surface area (Å²) in [6, 6.07) is 4.44. The summed E-state index contributed by atoms with van der Waals surface area (Å²) in [5.74, 6) is 0.596. The lowest BCUT2D eigenvalue weighted by Gasteiger charge is -2.00. The number of halogens is 1. The number of nitrogens with two attached hydrogens (primary N) is 1. The van der Waals surface area contributed by atoms with Gasteiger partial charge in [-0.1, -0.05) is 12.1 Å². The van der Waals surface area contributed by atoms with E-state index in [0.717, 1.165) is 12.0 Å². The van der Waals surface area contributed by atoms with Crippen LogP contribution in [0.3, 0.4) is 0 Å². The van der Waals surface area contributed by atoms with Gasteiger partial charge in [-0.2, -0.15) is 4.98 Å². The first-order chi connectivity index (χ1) is 8.11. The van der Waals surface area contributed by atoms with Crippen LogP contribution in [0, 0.1) is 12.7 Å². The molecular weight excluding hydrogens is 221 g/mol. The molecule has 2 aromatic rings. The van der Waals surface area contributed by atoms with E-state index in [-0.39, 0.29) is 11.9 Å². The first-order valence-electron chi connectivity index (χ1n) is 5.47. The average molecular weight is 235 g/mol. The van der Waals surface area contributed by atoms with Crippen LogP contribution >= 0.6 is 0 Å². The number of aryl methyl sites for hydroxylation is 1. The Morgan fingerprint density at radius 2 is 2.24 bits per heavy atom. The fourth-order valence-electron chi connectivity index (χ4n) is 1.46. The molecule has 1 heterocycles. The standard InChI is InChI=1S/C12H14FN3O/c1-3-10(14)12-15-11(16-17-12)8-4-5-9(13)7(2)6-8/h4-6,10H,3,14H2,1-2H3. The molecule has 4 nitrogen and oxygen atoms in total. The summed E-state index contributed by atoms with van der Waals surface area (Å²) in [6.45, 7) is 3.63. The van der Waals surface area contributed by atoms with Gasteiger partial charge in [-0.25, -0.2) is 4.39 Å². The molecular formula is C12H14FN3O. The Kier molecular flexibility index (Phi) is 3.19. The summed E-state index contributed by atoms with van der Waals surface area (Å²) in [6.07, 6.45) is 0.726. The average Bonchev–Trinajstić information content (AvgIpc) is 2.81. The minimum Gasteiger partial charge on any atom is -0.337 e. The lowest BCUT2D eigenvalue weighted by molar-refractivity contribution is 0.352. The van der Waals surface area contributed by atoms with Gasteiger partial charge in [0.15, 0.2) is 0 Å². The van der Waals surface area contributed by atoms with Gasteiger partial charge in [-0.15, -0.1) is 0 Å². The van der Waals surface area contributed by atoms with Gasteiger partial charge < -0.3 is 10.3 Å². The molecule has 1 unspecified atom stereocenters. The highest BCUT2D eigenvalue weighted by Crippen LogP contribution is 2.21. The van der Waals surface area contributed by atoms with Crippen molar-refractivity contribution in [3.63, 3.8) is 0 Å². The van der Waals surface area contributed by atoms with Crippen molar-refractivity contribution in [2.24, 2.45) is 5.73 Å². The first kappa shape index (κ1) is 11.7. The second-order valence-electron chi connectivity index (χ2n) is 3.93. The van der Waals surface area contributed by atoms with E-state index in [1.807, 2.05) is 6.92 Å². The maximum atomic E-state index is 13.1. The normalized spacial score (nSPS) is 12.7. The molecule has 2 N–H and O–H groups in total. The van der Waals surface area contributed by atoms with Gasteiger partial charge in [-0.3, -0.25) is 0 Å². The fourth-order valence-corrected chi connectivity index (χ4v) is 1.46. The molecule has 5 heteroatoms. The minimum absolute atomic E-state index is 0.247. The third kappa shape index (κ3) is 2.34. The van der Waals surface area contributed by atoms with Crippen LogP contribution in [0.25, 0.3) is 11.4 Å². The molecule has 2 rings (SSSR count). The van der Waals surface area contributed by atoms with Gasteiger partial charge in [0, 0.05) is 5.56 Å². The summed E-state index contributed by atoms with van der Waals surface area (Å²) >= 11 is 0. The number of hydrogen-bond donors (Lipinski definition) is 1. The predicted molar refractivity (Wildman–Crippen MR) is 61.6 cm³/mol. The van der Waals surface area contributed by atoms with Crippen LogP contribution in [-0.2, 0) is 0 Å². The van der Waals surface area contributed by atoms with Gasteiger partial charge in [0.1, 0.15) is 5.82 Å². The van der Waals surface area contributed by atoms with E-state index in [1.54, 1.807) is 19.1 Å². The molecule has 0 saturated carbocycles. The SMILES string of the molecule is CCC(N)c1nc(-c2ccc(F)c(C)c2)no1. The van der Waals surface area contributed by atoms with Crippen molar-refractivity contribution in [3.8, 4) is 11.4 Å². The molecule has 0 aliphatic heterocycles. The summed E-state index contributed by atoms with van der Waals surface area (Å²) in [4.78, 5) is 4.20. The lowest BCUT2D eigenvalue weighted by atomic mass is 10.1. The quantitative estimate of drug-likeness (QED) is 0.888. The van der Waals surface area contributed by atoms with Crippen LogP contribution in [0.4, 0.5) is 4.39 Å².